The summed E-state index contributed by atoms with van der Waals surface area (Å²) in [5.41, 5.74) is 7.25. The molecule has 0 N–H and O–H groups in total. The van der Waals surface area contributed by atoms with Crippen molar-refractivity contribution in [2.24, 2.45) is 0 Å². The summed E-state index contributed by atoms with van der Waals surface area (Å²) in [6.45, 7) is 14.2. The van der Waals surface area contributed by atoms with E-state index in [1.54, 1.807) is 13.8 Å². The number of ether oxygens (including phenoxy) is 2. The quantitative estimate of drug-likeness (QED) is 0.0360. The fourth-order valence-corrected chi connectivity index (χ4v) is 6.98. The number of hydrogen-bond acceptors (Lipinski definition) is 5. The molecule has 0 aromatic heterocycles. The van der Waals surface area contributed by atoms with Gasteiger partial charge in [-0.05, 0) is 113 Å². The zero-order chi connectivity index (χ0) is 40.2. The van der Waals surface area contributed by atoms with Crippen molar-refractivity contribution in [3.8, 4) is 5.75 Å². The highest BCUT2D eigenvalue weighted by Crippen LogP contribution is 2.35. The highest BCUT2D eigenvalue weighted by molar-refractivity contribution is 5.94. The van der Waals surface area contributed by atoms with Gasteiger partial charge in [0.15, 0.2) is 5.78 Å². The molecule has 5 nitrogen and oxygen atoms in total. The lowest BCUT2D eigenvalue weighted by molar-refractivity contribution is -0.139. The SMILES string of the molecule is C=C(C)C(=O)CCCCCCCCCCCCOc1ccc(N(c2ccc(C)cc2)c2ccc(CCCCCCCCCCCCOC(=O)C(=C)C)cc2)cc1. The summed E-state index contributed by atoms with van der Waals surface area (Å²) in [6.07, 6.45) is 26.2. The van der Waals surface area contributed by atoms with E-state index in [1.807, 2.05) is 0 Å². The molecular formula is C51H73NO4. The first-order valence-corrected chi connectivity index (χ1v) is 21.9. The number of benzene rings is 3. The lowest BCUT2D eigenvalue weighted by Crippen LogP contribution is -2.10. The second-order valence-electron chi connectivity index (χ2n) is 15.9. The maximum absolute atomic E-state index is 11.6. The Balaban J connectivity index is 1.31. The molecule has 0 radical (unpaired) electrons. The second kappa shape index (κ2) is 28.3. The molecule has 56 heavy (non-hydrogen) atoms. The van der Waals surface area contributed by atoms with Gasteiger partial charge >= 0.3 is 5.97 Å². The molecular weight excluding hydrogens is 691 g/mol. The number of carbonyl (C=O) groups is 2. The summed E-state index contributed by atoms with van der Waals surface area (Å²) >= 11 is 0. The van der Waals surface area contributed by atoms with Crippen molar-refractivity contribution >= 4 is 28.8 Å². The number of aryl methyl sites for hydroxylation is 2. The lowest BCUT2D eigenvalue weighted by Gasteiger charge is -2.26. The normalized spacial score (nSPS) is 11.0. The van der Waals surface area contributed by atoms with E-state index in [-0.39, 0.29) is 11.8 Å². The summed E-state index contributed by atoms with van der Waals surface area (Å²) in [5.74, 6) is 0.869. The molecule has 0 aliphatic carbocycles. The van der Waals surface area contributed by atoms with E-state index >= 15 is 0 Å². The van der Waals surface area contributed by atoms with Gasteiger partial charge in [0.05, 0.1) is 13.2 Å². The summed E-state index contributed by atoms with van der Waals surface area (Å²) < 4.78 is 11.3. The van der Waals surface area contributed by atoms with E-state index in [0.29, 0.717) is 24.2 Å². The molecule has 3 rings (SSSR count). The molecule has 0 heterocycles. The van der Waals surface area contributed by atoms with Crippen molar-refractivity contribution in [3.05, 3.63) is 108 Å². The first kappa shape index (κ1) is 46.3. The van der Waals surface area contributed by atoms with Crippen LogP contribution in [0, 0.1) is 6.92 Å². The standard InChI is InChI=1S/C51H73NO4/c1-42(2)50(53)27-23-19-15-11-7-9-12-16-20-24-40-55-49-38-36-48(37-39-49)52(46-32-28-44(5)29-33-46)47-34-30-45(31-35-47)26-22-18-14-10-6-8-13-17-21-25-41-56-51(54)43(3)4/h28-39H,1,3,6-27,40-41H2,2,4-5H3. The van der Waals surface area contributed by atoms with Crippen LogP contribution < -0.4 is 9.64 Å². The van der Waals surface area contributed by atoms with Crippen LogP contribution >= 0.6 is 0 Å². The van der Waals surface area contributed by atoms with Crippen molar-refractivity contribution in [1.29, 1.82) is 0 Å². The molecule has 0 saturated heterocycles. The van der Waals surface area contributed by atoms with Gasteiger partial charge in [-0.25, -0.2) is 4.79 Å². The van der Waals surface area contributed by atoms with Gasteiger partial charge in [-0.15, -0.1) is 0 Å². The van der Waals surface area contributed by atoms with Crippen LogP contribution in [0.5, 0.6) is 5.75 Å². The van der Waals surface area contributed by atoms with E-state index in [4.69, 9.17) is 9.47 Å². The van der Waals surface area contributed by atoms with Gasteiger partial charge in [0, 0.05) is 29.1 Å². The molecule has 3 aromatic rings. The van der Waals surface area contributed by atoms with E-state index in [1.165, 1.54) is 107 Å². The maximum atomic E-state index is 11.6. The Kier molecular flexibility index (Phi) is 23.4. The largest absolute Gasteiger partial charge is 0.494 e. The van der Waals surface area contributed by atoms with Crippen molar-refractivity contribution in [3.63, 3.8) is 0 Å². The Labute approximate surface area is 341 Å². The molecule has 0 atom stereocenters. The van der Waals surface area contributed by atoms with Crippen LogP contribution in [0.4, 0.5) is 17.1 Å². The minimum absolute atomic E-state index is 0.218. The Hall–Kier alpha value is -4.12. The Morgan fingerprint density at radius 3 is 1.39 bits per heavy atom. The van der Waals surface area contributed by atoms with E-state index in [2.05, 4.69) is 97.8 Å². The Morgan fingerprint density at radius 2 is 0.911 bits per heavy atom. The maximum Gasteiger partial charge on any atom is 0.333 e. The average Bonchev–Trinajstić information content (AvgIpc) is 3.20. The monoisotopic (exact) mass is 764 g/mol. The summed E-state index contributed by atoms with van der Waals surface area (Å²) in [6, 6.07) is 26.4. The predicted molar refractivity (Wildman–Crippen MR) is 238 cm³/mol. The van der Waals surface area contributed by atoms with Gasteiger partial charge in [0.2, 0.25) is 0 Å². The van der Waals surface area contributed by atoms with E-state index in [9.17, 15) is 9.59 Å². The highest BCUT2D eigenvalue weighted by Gasteiger charge is 2.13. The number of Topliss-reactive ketones (excluding diaryl/α,β-unsaturated/α-hetero) is 1. The number of anilines is 3. The fraction of sp³-hybridized carbons (Fsp3) is 0.529. The van der Waals surface area contributed by atoms with E-state index < -0.39 is 0 Å². The number of rotatable bonds is 32. The minimum Gasteiger partial charge on any atom is -0.494 e. The Morgan fingerprint density at radius 1 is 0.500 bits per heavy atom. The van der Waals surface area contributed by atoms with Crippen molar-refractivity contribution in [2.45, 2.75) is 162 Å². The highest BCUT2D eigenvalue weighted by atomic mass is 16.5. The smallest absolute Gasteiger partial charge is 0.333 e. The van der Waals surface area contributed by atoms with Crippen LogP contribution in [0.2, 0.25) is 0 Å². The van der Waals surface area contributed by atoms with Gasteiger partial charge < -0.3 is 14.4 Å². The molecule has 0 spiro atoms. The number of esters is 1. The summed E-state index contributed by atoms with van der Waals surface area (Å²) in [4.78, 5) is 25.4. The molecule has 306 valence electrons. The molecule has 0 unspecified atom stereocenters. The predicted octanol–water partition coefficient (Wildman–Crippen LogP) is 14.8. The third-order valence-corrected chi connectivity index (χ3v) is 10.6. The van der Waals surface area contributed by atoms with Gasteiger partial charge in [-0.1, -0.05) is 146 Å². The third-order valence-electron chi connectivity index (χ3n) is 10.6. The zero-order valence-corrected chi connectivity index (χ0v) is 35.4. The topological polar surface area (TPSA) is 55.8 Å². The average molecular weight is 764 g/mol. The minimum atomic E-state index is -0.274. The Bertz CT molecular complexity index is 1440. The molecule has 0 aliphatic rings. The zero-order valence-electron chi connectivity index (χ0n) is 35.4. The van der Waals surface area contributed by atoms with Crippen LogP contribution in [0.15, 0.2) is 97.1 Å². The summed E-state index contributed by atoms with van der Waals surface area (Å²) in [7, 11) is 0. The number of nitrogens with zero attached hydrogens (tertiary/aromatic N) is 1. The number of hydrogen-bond donors (Lipinski definition) is 0. The van der Waals surface area contributed by atoms with Crippen LogP contribution in [0.1, 0.15) is 160 Å². The van der Waals surface area contributed by atoms with Crippen molar-refractivity contribution < 1.29 is 19.1 Å². The fourth-order valence-electron chi connectivity index (χ4n) is 6.98. The first-order chi connectivity index (χ1) is 27.2. The molecule has 0 aliphatic heterocycles. The molecule has 0 saturated carbocycles. The van der Waals surface area contributed by atoms with Gasteiger partial charge in [0.1, 0.15) is 5.75 Å². The molecule has 0 amide bonds. The van der Waals surface area contributed by atoms with Crippen LogP contribution in [-0.2, 0) is 20.7 Å². The molecule has 3 aromatic carbocycles. The number of allylic oxidation sites excluding steroid dienone is 1. The van der Waals surface area contributed by atoms with Gasteiger partial charge in [-0.2, -0.15) is 0 Å². The van der Waals surface area contributed by atoms with E-state index in [0.717, 1.165) is 67.9 Å². The van der Waals surface area contributed by atoms with Gasteiger partial charge in [-0.3, -0.25) is 4.79 Å². The number of ketones is 1. The lowest BCUT2D eigenvalue weighted by atomic mass is 10.0. The van der Waals surface area contributed by atoms with Crippen LogP contribution in [-0.4, -0.2) is 25.0 Å². The van der Waals surface area contributed by atoms with Crippen LogP contribution in [0.25, 0.3) is 0 Å². The van der Waals surface area contributed by atoms with Gasteiger partial charge in [0.25, 0.3) is 0 Å². The van der Waals surface area contributed by atoms with Crippen molar-refractivity contribution in [2.75, 3.05) is 18.1 Å². The second-order valence-corrected chi connectivity index (χ2v) is 15.9. The third kappa shape index (κ3) is 19.6. The van der Waals surface area contributed by atoms with Crippen LogP contribution in [0.3, 0.4) is 0 Å². The summed E-state index contributed by atoms with van der Waals surface area (Å²) in [5, 5.41) is 0. The molecule has 0 bridgehead atoms. The first-order valence-electron chi connectivity index (χ1n) is 21.9. The number of unbranched alkanes of at least 4 members (excludes halogenated alkanes) is 18. The molecule has 0 fully saturated rings. The van der Waals surface area contributed by atoms with Crippen molar-refractivity contribution in [1.82, 2.24) is 0 Å². The number of carbonyl (C=O) groups excluding carboxylic acids is 2. The molecule has 5 heteroatoms.